The van der Waals surface area contributed by atoms with Gasteiger partial charge in [-0.2, -0.15) is 0 Å². The number of nitrogens with one attached hydrogen (secondary N) is 1. The average molecular weight is 404 g/mol. The van der Waals surface area contributed by atoms with Gasteiger partial charge in [0.1, 0.15) is 17.3 Å². The van der Waals surface area contributed by atoms with Gasteiger partial charge >= 0.3 is 0 Å². The monoisotopic (exact) mass is 404 g/mol. The highest BCUT2D eigenvalue weighted by molar-refractivity contribution is 5.90. The van der Waals surface area contributed by atoms with E-state index in [1.165, 1.54) is 0 Å². The highest BCUT2D eigenvalue weighted by Crippen LogP contribution is 2.32. The Labute approximate surface area is 172 Å². The Kier molecular flexibility index (Phi) is 5.66. The highest BCUT2D eigenvalue weighted by atomic mass is 19.1. The zero-order chi connectivity index (χ0) is 20.9. The smallest absolute Gasteiger partial charge is 0.224 e. The van der Waals surface area contributed by atoms with Crippen LogP contribution in [0.5, 0.6) is 0 Å². The van der Waals surface area contributed by atoms with Crippen LogP contribution in [0.3, 0.4) is 0 Å². The molecule has 1 aromatic heterocycles. The first-order chi connectivity index (χ1) is 14.6. The molecule has 4 nitrogen and oxygen atoms in total. The number of anilines is 1. The fraction of sp³-hybridized carbons (Fsp3) is 0.0833. The molecule has 0 saturated carbocycles. The molecule has 0 saturated heterocycles. The van der Waals surface area contributed by atoms with Crippen LogP contribution in [0.15, 0.2) is 83.3 Å². The summed E-state index contributed by atoms with van der Waals surface area (Å²) in [6.07, 6.45) is 0.303. The predicted molar refractivity (Wildman–Crippen MR) is 111 cm³/mol. The fourth-order valence-electron chi connectivity index (χ4n) is 3.12. The van der Waals surface area contributed by atoms with Crippen LogP contribution in [-0.2, 0) is 11.2 Å². The summed E-state index contributed by atoms with van der Waals surface area (Å²) in [5.41, 5.74) is 2.56. The molecular formula is C24H18F2N2O2. The van der Waals surface area contributed by atoms with Gasteiger partial charge in [-0.25, -0.2) is 13.8 Å². The van der Waals surface area contributed by atoms with E-state index < -0.39 is 11.6 Å². The number of carbonyl (C=O) groups is 1. The van der Waals surface area contributed by atoms with Gasteiger partial charge in [0.2, 0.25) is 5.91 Å². The van der Waals surface area contributed by atoms with Crippen molar-refractivity contribution in [1.82, 2.24) is 4.98 Å². The van der Waals surface area contributed by atoms with Gasteiger partial charge in [-0.15, -0.1) is 0 Å². The average Bonchev–Trinajstić information content (AvgIpc) is 3.17. The third-order valence-corrected chi connectivity index (χ3v) is 4.47. The normalized spacial score (nSPS) is 10.7. The molecule has 0 atom stereocenters. The lowest BCUT2D eigenvalue weighted by Crippen LogP contribution is -2.12. The van der Waals surface area contributed by atoms with Crippen LogP contribution in [0.25, 0.3) is 22.6 Å². The van der Waals surface area contributed by atoms with E-state index in [2.05, 4.69) is 10.3 Å². The molecule has 0 unspecified atom stereocenters. The van der Waals surface area contributed by atoms with Gasteiger partial charge in [0.05, 0.1) is 0 Å². The Balaban J connectivity index is 1.53. The van der Waals surface area contributed by atoms with E-state index in [4.69, 9.17) is 4.42 Å². The molecule has 0 fully saturated rings. The summed E-state index contributed by atoms with van der Waals surface area (Å²) in [7, 11) is 0. The first-order valence-corrected chi connectivity index (χ1v) is 9.45. The number of aromatic nitrogens is 1. The quantitative estimate of drug-likeness (QED) is 0.438. The Bertz CT molecular complexity index is 1080. The van der Waals surface area contributed by atoms with Gasteiger partial charge in [-0.3, -0.25) is 4.79 Å². The number of carbonyl (C=O) groups excluding carboxylic acids is 1. The van der Waals surface area contributed by atoms with E-state index in [-0.39, 0.29) is 24.4 Å². The van der Waals surface area contributed by atoms with Gasteiger partial charge in [-0.05, 0) is 12.1 Å². The maximum Gasteiger partial charge on any atom is 0.224 e. The molecular weight excluding hydrogens is 386 g/mol. The standard InChI is InChI=1S/C24H18F2N2O2/c25-18-13-19(26)15-20(14-18)27-21(29)11-12-22-28-23(16-7-3-1-4-8-16)24(30-22)17-9-5-2-6-10-17/h1-10,13-15H,11-12H2,(H,27,29). The van der Waals surface area contributed by atoms with Gasteiger partial charge in [-0.1, -0.05) is 60.7 Å². The van der Waals surface area contributed by atoms with Crippen LogP contribution in [0.2, 0.25) is 0 Å². The van der Waals surface area contributed by atoms with Crippen molar-refractivity contribution >= 4 is 11.6 Å². The number of amides is 1. The van der Waals surface area contributed by atoms with Crippen molar-refractivity contribution in [2.75, 3.05) is 5.32 Å². The largest absolute Gasteiger partial charge is 0.440 e. The summed E-state index contributed by atoms with van der Waals surface area (Å²) in [5.74, 6) is -0.852. The Hall–Kier alpha value is -3.80. The van der Waals surface area contributed by atoms with Crippen LogP contribution in [-0.4, -0.2) is 10.9 Å². The van der Waals surface area contributed by atoms with Gasteiger partial charge in [0.15, 0.2) is 11.7 Å². The molecule has 1 N–H and O–H groups in total. The highest BCUT2D eigenvalue weighted by Gasteiger charge is 2.17. The molecule has 0 radical (unpaired) electrons. The zero-order valence-corrected chi connectivity index (χ0v) is 15.9. The topological polar surface area (TPSA) is 55.1 Å². The molecule has 150 valence electrons. The molecule has 30 heavy (non-hydrogen) atoms. The zero-order valence-electron chi connectivity index (χ0n) is 15.9. The third-order valence-electron chi connectivity index (χ3n) is 4.47. The van der Waals surface area contributed by atoms with E-state index in [1.54, 1.807) is 0 Å². The van der Waals surface area contributed by atoms with Crippen LogP contribution < -0.4 is 5.32 Å². The lowest BCUT2D eigenvalue weighted by Gasteiger charge is -2.04. The third kappa shape index (κ3) is 4.60. The molecule has 0 aliphatic heterocycles. The number of hydrogen-bond acceptors (Lipinski definition) is 3. The number of halogens is 2. The minimum atomic E-state index is -0.752. The van der Waals surface area contributed by atoms with E-state index in [1.807, 2.05) is 60.7 Å². The number of hydrogen-bond donors (Lipinski definition) is 1. The van der Waals surface area contributed by atoms with Crippen LogP contribution in [0.4, 0.5) is 14.5 Å². The van der Waals surface area contributed by atoms with Gasteiger partial charge in [0.25, 0.3) is 0 Å². The molecule has 0 aliphatic carbocycles. The van der Waals surface area contributed by atoms with E-state index in [0.29, 0.717) is 17.3 Å². The second-order valence-corrected chi connectivity index (χ2v) is 6.72. The van der Waals surface area contributed by atoms with Gasteiger partial charge in [0, 0.05) is 35.7 Å². The minimum Gasteiger partial charge on any atom is -0.440 e. The minimum absolute atomic E-state index is 0.0567. The SMILES string of the molecule is O=C(CCc1nc(-c2ccccc2)c(-c2ccccc2)o1)Nc1cc(F)cc(F)c1. The van der Waals surface area contributed by atoms with E-state index >= 15 is 0 Å². The van der Waals surface area contributed by atoms with Crippen LogP contribution >= 0.6 is 0 Å². The van der Waals surface area contributed by atoms with Crippen molar-refractivity contribution in [1.29, 1.82) is 0 Å². The summed E-state index contributed by atoms with van der Waals surface area (Å²) in [4.78, 5) is 16.8. The number of benzene rings is 3. The van der Waals surface area contributed by atoms with Gasteiger partial charge < -0.3 is 9.73 Å². The molecule has 6 heteroatoms. The maximum absolute atomic E-state index is 13.3. The van der Waals surface area contributed by atoms with Crippen molar-refractivity contribution in [3.63, 3.8) is 0 Å². The molecule has 0 aliphatic rings. The first kappa shape index (κ1) is 19.5. The summed E-state index contributed by atoms with van der Waals surface area (Å²) in [6, 6.07) is 22.1. The Morgan fingerprint density at radius 2 is 1.47 bits per heavy atom. The molecule has 4 aromatic rings. The lowest BCUT2D eigenvalue weighted by atomic mass is 10.1. The maximum atomic E-state index is 13.3. The van der Waals surface area contributed by atoms with Crippen molar-refractivity contribution < 1.29 is 18.0 Å². The van der Waals surface area contributed by atoms with Crippen molar-refractivity contribution in [2.24, 2.45) is 0 Å². The van der Waals surface area contributed by atoms with Crippen molar-refractivity contribution in [3.05, 3.63) is 96.4 Å². The Morgan fingerprint density at radius 3 is 2.10 bits per heavy atom. The van der Waals surface area contributed by atoms with Crippen molar-refractivity contribution in [3.8, 4) is 22.6 Å². The Morgan fingerprint density at radius 1 is 0.867 bits per heavy atom. The molecule has 0 spiro atoms. The predicted octanol–water partition coefficient (Wildman–Crippen LogP) is 5.86. The molecule has 1 heterocycles. The van der Waals surface area contributed by atoms with E-state index in [9.17, 15) is 13.6 Å². The second-order valence-electron chi connectivity index (χ2n) is 6.72. The number of rotatable bonds is 6. The molecule has 4 rings (SSSR count). The molecule has 0 bridgehead atoms. The molecule has 3 aromatic carbocycles. The fourth-order valence-corrected chi connectivity index (χ4v) is 3.12. The second kappa shape index (κ2) is 8.69. The lowest BCUT2D eigenvalue weighted by molar-refractivity contribution is -0.116. The number of oxazole rings is 1. The summed E-state index contributed by atoms with van der Waals surface area (Å²) < 4.78 is 32.5. The number of nitrogens with zero attached hydrogens (tertiary/aromatic N) is 1. The molecule has 1 amide bonds. The first-order valence-electron chi connectivity index (χ1n) is 9.45. The summed E-state index contributed by atoms with van der Waals surface area (Å²) in [5, 5.41) is 2.49. The van der Waals surface area contributed by atoms with Crippen LogP contribution in [0.1, 0.15) is 12.3 Å². The van der Waals surface area contributed by atoms with E-state index in [0.717, 1.165) is 29.3 Å². The summed E-state index contributed by atoms with van der Waals surface area (Å²) >= 11 is 0. The summed E-state index contributed by atoms with van der Waals surface area (Å²) in [6.45, 7) is 0. The number of aryl methyl sites for hydroxylation is 1. The van der Waals surface area contributed by atoms with Crippen LogP contribution in [0, 0.1) is 11.6 Å². The van der Waals surface area contributed by atoms with Crippen molar-refractivity contribution in [2.45, 2.75) is 12.8 Å².